The van der Waals surface area contributed by atoms with Crippen molar-refractivity contribution in [3.05, 3.63) is 113 Å². The molecule has 1 heterocycles. The zero-order valence-electron chi connectivity index (χ0n) is 28.1. The Labute approximate surface area is 288 Å². The van der Waals surface area contributed by atoms with E-state index in [4.69, 9.17) is 14.6 Å². The lowest BCUT2D eigenvalue weighted by Crippen LogP contribution is -2.27. The molecule has 0 aliphatic carbocycles. The Morgan fingerprint density at radius 1 is 0.860 bits per heavy atom. The largest absolute Gasteiger partial charge is 0.481 e. The smallest absolute Gasteiger partial charge is 0.338 e. The third-order valence-electron chi connectivity index (χ3n) is 7.92. The monoisotopic (exact) mass is 686 g/mol. The second kappa shape index (κ2) is 16.7. The summed E-state index contributed by atoms with van der Waals surface area (Å²) >= 11 is 0. The standard InChI is InChI=1S/C38H39FN2O9/c1-22(2)41-31(17-15-27(42)19-28(43)20-32(44)45)33(25-11-13-26(39)14-12-25)34(24-8-6-5-7-9-24)35(41)36(46)40-21-23-10-16-29(37(47)49-3)30(18-23)38(48)50-4/h5-18,22,27-28,42-43H,19-21H2,1-4H3,(H,40,46)(H,44,45)/b17-15+. The number of aliphatic hydroxyl groups excluding tert-OH is 2. The van der Waals surface area contributed by atoms with E-state index >= 15 is 0 Å². The van der Waals surface area contributed by atoms with Crippen molar-refractivity contribution in [3.63, 3.8) is 0 Å². The molecule has 0 aliphatic rings. The number of halogens is 1. The summed E-state index contributed by atoms with van der Waals surface area (Å²) in [5.41, 5.74) is 3.59. The van der Waals surface area contributed by atoms with E-state index in [9.17, 15) is 33.8 Å². The fraction of sp³-hybridized carbons (Fsp3) is 0.263. The van der Waals surface area contributed by atoms with Gasteiger partial charge in [0.1, 0.15) is 11.5 Å². The molecule has 1 aromatic heterocycles. The fourth-order valence-electron chi connectivity index (χ4n) is 5.70. The SMILES string of the molecule is COC(=O)c1ccc(CNC(=O)c2c(-c3ccccc3)c(-c3ccc(F)cc3)c(/C=C/C(O)CC(O)CC(=O)O)n2C(C)C)cc1C(=O)OC. The number of carbonyl (C=O) groups excluding carboxylic acids is 3. The lowest BCUT2D eigenvalue weighted by molar-refractivity contribution is -0.139. The number of hydrogen-bond donors (Lipinski definition) is 4. The number of aliphatic carboxylic acids is 1. The van der Waals surface area contributed by atoms with E-state index in [2.05, 4.69) is 5.32 Å². The fourth-order valence-corrected chi connectivity index (χ4v) is 5.70. The van der Waals surface area contributed by atoms with Crippen LogP contribution in [0.3, 0.4) is 0 Å². The summed E-state index contributed by atoms with van der Waals surface area (Å²) in [5, 5.41) is 32.8. The highest BCUT2D eigenvalue weighted by Gasteiger charge is 2.30. The van der Waals surface area contributed by atoms with Crippen LogP contribution in [0.1, 0.15) is 75.2 Å². The van der Waals surface area contributed by atoms with Gasteiger partial charge < -0.3 is 34.7 Å². The number of carbonyl (C=O) groups is 4. The zero-order chi connectivity index (χ0) is 36.5. The molecule has 0 aliphatic heterocycles. The number of methoxy groups -OCH3 is 2. The van der Waals surface area contributed by atoms with Crippen molar-refractivity contribution >= 4 is 29.9 Å². The van der Waals surface area contributed by atoms with E-state index in [1.807, 2.05) is 44.2 Å². The number of hydrogen-bond acceptors (Lipinski definition) is 8. The molecule has 0 saturated heterocycles. The van der Waals surface area contributed by atoms with E-state index in [0.717, 1.165) is 0 Å². The van der Waals surface area contributed by atoms with Crippen LogP contribution in [0.4, 0.5) is 4.39 Å². The maximum absolute atomic E-state index is 14.4. The molecule has 0 saturated carbocycles. The van der Waals surface area contributed by atoms with Crippen molar-refractivity contribution in [2.75, 3.05) is 14.2 Å². The van der Waals surface area contributed by atoms with Gasteiger partial charge in [0.15, 0.2) is 0 Å². The second-order valence-corrected chi connectivity index (χ2v) is 11.8. The molecule has 0 fully saturated rings. The molecule has 12 heteroatoms. The summed E-state index contributed by atoms with van der Waals surface area (Å²) in [6, 6.07) is 19.0. The van der Waals surface area contributed by atoms with Gasteiger partial charge in [-0.25, -0.2) is 14.0 Å². The summed E-state index contributed by atoms with van der Waals surface area (Å²) in [5.74, 6) is -3.63. The minimum absolute atomic E-state index is 0.00695. The molecule has 0 bridgehead atoms. The quantitative estimate of drug-likeness (QED) is 0.123. The number of amides is 1. The number of nitrogens with zero attached hydrogens (tertiary/aromatic N) is 1. The highest BCUT2D eigenvalue weighted by atomic mass is 19.1. The number of ether oxygens (including phenoxy) is 2. The summed E-state index contributed by atoms with van der Waals surface area (Å²) < 4.78 is 25.6. The van der Waals surface area contributed by atoms with E-state index in [-0.39, 0.29) is 35.8 Å². The molecule has 11 nitrogen and oxygen atoms in total. The first-order valence-electron chi connectivity index (χ1n) is 15.8. The number of aromatic nitrogens is 1. The number of aliphatic hydroxyl groups is 2. The first-order chi connectivity index (χ1) is 23.9. The molecule has 2 unspecified atom stereocenters. The van der Waals surface area contributed by atoms with Crippen molar-refractivity contribution in [3.8, 4) is 22.3 Å². The first kappa shape index (κ1) is 37.2. The van der Waals surface area contributed by atoms with Crippen LogP contribution in [-0.4, -0.2) is 70.1 Å². The Morgan fingerprint density at radius 3 is 2.08 bits per heavy atom. The van der Waals surface area contributed by atoms with E-state index in [1.54, 1.807) is 28.8 Å². The molecule has 4 aromatic rings. The van der Waals surface area contributed by atoms with Gasteiger partial charge in [-0.2, -0.15) is 0 Å². The number of carboxylic acid groups (broad SMARTS) is 1. The van der Waals surface area contributed by atoms with Gasteiger partial charge in [0.25, 0.3) is 5.91 Å². The second-order valence-electron chi connectivity index (χ2n) is 11.8. The topological polar surface area (TPSA) is 164 Å². The van der Waals surface area contributed by atoms with Gasteiger partial charge in [-0.1, -0.05) is 54.6 Å². The van der Waals surface area contributed by atoms with Gasteiger partial charge >= 0.3 is 17.9 Å². The third-order valence-corrected chi connectivity index (χ3v) is 7.92. The Balaban J connectivity index is 1.88. The van der Waals surface area contributed by atoms with Gasteiger partial charge in [0.05, 0.1) is 44.0 Å². The van der Waals surface area contributed by atoms with Crippen molar-refractivity contribution in [2.45, 2.75) is 51.5 Å². The number of benzene rings is 3. The van der Waals surface area contributed by atoms with Crippen LogP contribution >= 0.6 is 0 Å². The number of rotatable bonds is 14. The molecule has 50 heavy (non-hydrogen) atoms. The summed E-state index contributed by atoms with van der Waals surface area (Å²) in [7, 11) is 2.38. The molecular weight excluding hydrogens is 647 g/mol. The molecule has 4 rings (SSSR count). The molecule has 262 valence electrons. The van der Waals surface area contributed by atoms with Gasteiger partial charge in [-0.05, 0) is 60.9 Å². The van der Waals surface area contributed by atoms with Crippen LogP contribution in [0.15, 0.2) is 78.9 Å². The number of nitrogens with one attached hydrogen (secondary N) is 1. The Morgan fingerprint density at radius 2 is 1.48 bits per heavy atom. The van der Waals surface area contributed by atoms with Crippen LogP contribution in [0.25, 0.3) is 28.3 Å². The predicted octanol–water partition coefficient (Wildman–Crippen LogP) is 5.65. The minimum Gasteiger partial charge on any atom is -0.481 e. The Hall–Kier alpha value is -5.59. The van der Waals surface area contributed by atoms with Crippen LogP contribution < -0.4 is 5.32 Å². The molecular formula is C38H39FN2O9. The lowest BCUT2D eigenvalue weighted by atomic mass is 9.94. The van der Waals surface area contributed by atoms with Crippen molar-refractivity contribution in [1.29, 1.82) is 0 Å². The third kappa shape index (κ3) is 8.70. The van der Waals surface area contributed by atoms with E-state index in [1.165, 1.54) is 44.6 Å². The van der Waals surface area contributed by atoms with Gasteiger partial charge in [-0.15, -0.1) is 0 Å². The van der Waals surface area contributed by atoms with Crippen molar-refractivity contribution < 1.29 is 48.4 Å². The molecule has 4 N–H and O–H groups in total. The maximum Gasteiger partial charge on any atom is 0.338 e. The van der Waals surface area contributed by atoms with Crippen LogP contribution in [0, 0.1) is 5.82 Å². The summed E-state index contributed by atoms with van der Waals surface area (Å²) in [6.45, 7) is 3.70. The van der Waals surface area contributed by atoms with Crippen molar-refractivity contribution in [1.82, 2.24) is 9.88 Å². The van der Waals surface area contributed by atoms with Crippen LogP contribution in [0.2, 0.25) is 0 Å². The van der Waals surface area contributed by atoms with Gasteiger partial charge in [0, 0.05) is 35.8 Å². The maximum atomic E-state index is 14.4. The average Bonchev–Trinajstić information content (AvgIpc) is 3.44. The lowest BCUT2D eigenvalue weighted by Gasteiger charge is -2.17. The van der Waals surface area contributed by atoms with E-state index < -0.39 is 48.3 Å². The Bertz CT molecular complexity index is 1880. The predicted molar refractivity (Wildman–Crippen MR) is 184 cm³/mol. The Kier molecular flexibility index (Phi) is 12.4. The summed E-state index contributed by atoms with van der Waals surface area (Å²) in [6.07, 6.45) is -0.270. The normalized spacial score (nSPS) is 12.5. The average molecular weight is 687 g/mol. The minimum atomic E-state index is -1.29. The first-order valence-corrected chi connectivity index (χ1v) is 15.8. The number of carboxylic acids is 1. The van der Waals surface area contributed by atoms with Gasteiger partial charge in [-0.3, -0.25) is 9.59 Å². The molecule has 2 atom stereocenters. The van der Waals surface area contributed by atoms with Crippen molar-refractivity contribution in [2.24, 2.45) is 0 Å². The molecule has 1 amide bonds. The van der Waals surface area contributed by atoms with Crippen LogP contribution in [-0.2, 0) is 20.8 Å². The highest BCUT2D eigenvalue weighted by Crippen LogP contribution is 2.42. The molecule has 0 spiro atoms. The van der Waals surface area contributed by atoms with E-state index in [0.29, 0.717) is 33.5 Å². The number of esters is 2. The highest BCUT2D eigenvalue weighted by molar-refractivity contribution is 6.06. The summed E-state index contributed by atoms with van der Waals surface area (Å²) in [4.78, 5) is 50.2. The van der Waals surface area contributed by atoms with Crippen LogP contribution in [0.5, 0.6) is 0 Å². The molecule has 3 aromatic carbocycles. The zero-order valence-corrected chi connectivity index (χ0v) is 28.1. The molecule has 0 radical (unpaired) electrons. The van der Waals surface area contributed by atoms with Gasteiger partial charge in [0.2, 0.25) is 0 Å².